The van der Waals surface area contributed by atoms with Crippen LogP contribution in [0.3, 0.4) is 0 Å². The first-order valence-electron chi connectivity index (χ1n) is 9.90. The zero-order valence-electron chi connectivity index (χ0n) is 18.1. The lowest BCUT2D eigenvalue weighted by molar-refractivity contribution is 0.0710. The summed E-state index contributed by atoms with van der Waals surface area (Å²) >= 11 is 0. The summed E-state index contributed by atoms with van der Waals surface area (Å²) in [5.74, 6) is 1.06. The lowest BCUT2D eigenvalue weighted by Gasteiger charge is -2.24. The van der Waals surface area contributed by atoms with Crippen LogP contribution in [0.5, 0.6) is 17.2 Å². The molecule has 1 aromatic heterocycles. The molecule has 0 radical (unpaired) electrons. The summed E-state index contributed by atoms with van der Waals surface area (Å²) in [5, 5.41) is 0. The predicted octanol–water partition coefficient (Wildman–Crippen LogP) is 3.87. The summed E-state index contributed by atoms with van der Waals surface area (Å²) in [6.45, 7) is 1.86. The molecule has 1 amide bonds. The van der Waals surface area contributed by atoms with Crippen LogP contribution in [0.15, 0.2) is 65.3 Å². The Labute approximate surface area is 187 Å². The Morgan fingerprint density at radius 2 is 1.66 bits per heavy atom. The highest BCUT2D eigenvalue weighted by Gasteiger charge is 2.25. The van der Waals surface area contributed by atoms with Gasteiger partial charge in [-0.05, 0) is 48.9 Å². The average Bonchev–Trinajstić information content (AvgIpc) is 3.30. The molecule has 0 aliphatic carbocycles. The van der Waals surface area contributed by atoms with Crippen LogP contribution in [0.4, 0.5) is 0 Å². The molecule has 3 rings (SSSR count). The molecule has 0 spiro atoms. The van der Waals surface area contributed by atoms with Crippen molar-refractivity contribution in [3.8, 4) is 17.2 Å². The fraction of sp³-hybridized carbons (Fsp3) is 0.261. The maximum Gasteiger partial charge on any atom is 0.308 e. The number of furan rings is 1. The maximum atomic E-state index is 13.6. The van der Waals surface area contributed by atoms with E-state index in [-0.39, 0.29) is 36.1 Å². The van der Waals surface area contributed by atoms with Crippen molar-refractivity contribution in [3.63, 3.8) is 0 Å². The van der Waals surface area contributed by atoms with E-state index in [1.54, 1.807) is 59.5 Å². The molecule has 0 bridgehead atoms. The molecule has 0 N–H and O–H groups in total. The number of hydrogen-bond donors (Lipinski definition) is 0. The van der Waals surface area contributed by atoms with Crippen LogP contribution in [0.25, 0.3) is 0 Å². The van der Waals surface area contributed by atoms with Gasteiger partial charge in [-0.2, -0.15) is 8.42 Å². The first kappa shape index (κ1) is 23.2. The minimum absolute atomic E-state index is 0.145. The molecule has 0 unspecified atom stereocenters. The van der Waals surface area contributed by atoms with Gasteiger partial charge in [0.15, 0.2) is 0 Å². The van der Waals surface area contributed by atoms with E-state index in [4.69, 9.17) is 18.1 Å². The zero-order valence-corrected chi connectivity index (χ0v) is 18.9. The minimum atomic E-state index is -3.66. The highest BCUT2D eigenvalue weighted by atomic mass is 32.2. The summed E-state index contributed by atoms with van der Waals surface area (Å²) in [6.07, 6.45) is 1.53. The standard InChI is InChI=1S/C23H25NO7S/c1-4-32(26,27)31-18-9-5-8-17(14-18)15-24(16-19-10-7-13-30-19)23(25)22-20(28-2)11-6-12-21(22)29-3/h5-14H,4,15-16H2,1-3H3. The number of amides is 1. The molecular weight excluding hydrogens is 434 g/mol. The molecule has 3 aromatic rings. The van der Waals surface area contributed by atoms with Crippen molar-refractivity contribution in [1.29, 1.82) is 0 Å². The smallest absolute Gasteiger partial charge is 0.308 e. The van der Waals surface area contributed by atoms with Crippen molar-refractivity contribution >= 4 is 16.0 Å². The van der Waals surface area contributed by atoms with E-state index in [1.807, 2.05) is 0 Å². The molecule has 2 aromatic carbocycles. The largest absolute Gasteiger partial charge is 0.496 e. The lowest BCUT2D eigenvalue weighted by Crippen LogP contribution is -2.30. The highest BCUT2D eigenvalue weighted by Crippen LogP contribution is 2.31. The highest BCUT2D eigenvalue weighted by molar-refractivity contribution is 7.87. The van der Waals surface area contributed by atoms with Crippen molar-refractivity contribution in [2.45, 2.75) is 20.0 Å². The fourth-order valence-corrected chi connectivity index (χ4v) is 3.65. The number of ether oxygens (including phenoxy) is 2. The first-order valence-corrected chi connectivity index (χ1v) is 11.5. The summed E-state index contributed by atoms with van der Waals surface area (Å²) < 4.78 is 45.0. The molecular formula is C23H25NO7S. The molecule has 0 fully saturated rings. The lowest BCUT2D eigenvalue weighted by atomic mass is 10.1. The number of benzene rings is 2. The molecule has 0 aliphatic rings. The number of rotatable bonds is 10. The van der Waals surface area contributed by atoms with Gasteiger partial charge in [-0.3, -0.25) is 4.79 Å². The third-order valence-electron chi connectivity index (χ3n) is 4.70. The Balaban J connectivity index is 1.95. The molecule has 0 saturated heterocycles. The maximum absolute atomic E-state index is 13.6. The molecule has 0 aliphatic heterocycles. The van der Waals surface area contributed by atoms with Gasteiger partial charge in [0.1, 0.15) is 28.6 Å². The number of carbonyl (C=O) groups is 1. The van der Waals surface area contributed by atoms with Gasteiger partial charge in [0, 0.05) is 6.54 Å². The zero-order chi connectivity index (χ0) is 23.1. The van der Waals surface area contributed by atoms with Crippen LogP contribution < -0.4 is 13.7 Å². The van der Waals surface area contributed by atoms with Crippen LogP contribution in [0.1, 0.15) is 28.6 Å². The minimum Gasteiger partial charge on any atom is -0.496 e. The molecule has 170 valence electrons. The SMILES string of the molecule is CCS(=O)(=O)Oc1cccc(CN(Cc2ccco2)C(=O)c2c(OC)cccc2OC)c1. The molecule has 8 nitrogen and oxygen atoms in total. The van der Waals surface area contributed by atoms with Gasteiger partial charge in [-0.25, -0.2) is 0 Å². The quantitative estimate of drug-likeness (QED) is 0.425. The van der Waals surface area contributed by atoms with E-state index >= 15 is 0 Å². The van der Waals surface area contributed by atoms with Crippen LogP contribution in [-0.2, 0) is 23.2 Å². The van der Waals surface area contributed by atoms with E-state index < -0.39 is 10.1 Å². The first-order chi connectivity index (χ1) is 15.4. The van der Waals surface area contributed by atoms with Gasteiger partial charge >= 0.3 is 10.1 Å². The van der Waals surface area contributed by atoms with Crippen molar-refractivity contribution in [2.24, 2.45) is 0 Å². The van der Waals surface area contributed by atoms with Gasteiger partial charge in [0.2, 0.25) is 0 Å². The fourth-order valence-electron chi connectivity index (χ4n) is 3.13. The van der Waals surface area contributed by atoms with Gasteiger partial charge < -0.3 is 23.0 Å². The van der Waals surface area contributed by atoms with E-state index in [0.717, 1.165) is 0 Å². The average molecular weight is 460 g/mol. The third-order valence-corrected chi connectivity index (χ3v) is 5.86. The molecule has 1 heterocycles. The monoisotopic (exact) mass is 459 g/mol. The van der Waals surface area contributed by atoms with Crippen molar-refractivity contribution in [1.82, 2.24) is 4.90 Å². The Kier molecular flexibility index (Phi) is 7.42. The van der Waals surface area contributed by atoms with E-state index in [0.29, 0.717) is 22.8 Å². The summed E-state index contributed by atoms with van der Waals surface area (Å²) in [7, 11) is -0.698. The molecule has 0 atom stereocenters. The van der Waals surface area contributed by atoms with Gasteiger partial charge in [-0.15, -0.1) is 0 Å². The van der Waals surface area contributed by atoms with Crippen molar-refractivity contribution < 1.29 is 31.3 Å². The van der Waals surface area contributed by atoms with Crippen molar-refractivity contribution in [3.05, 3.63) is 77.7 Å². The second kappa shape index (κ2) is 10.2. The van der Waals surface area contributed by atoms with Gasteiger partial charge in [0.25, 0.3) is 5.91 Å². The Morgan fingerprint density at radius 3 is 2.25 bits per heavy atom. The van der Waals surface area contributed by atoms with E-state index in [2.05, 4.69) is 0 Å². The van der Waals surface area contributed by atoms with Crippen molar-refractivity contribution in [2.75, 3.05) is 20.0 Å². The van der Waals surface area contributed by atoms with Crippen LogP contribution in [-0.4, -0.2) is 39.2 Å². The van der Waals surface area contributed by atoms with Crippen LogP contribution in [0.2, 0.25) is 0 Å². The Morgan fingerprint density at radius 1 is 0.969 bits per heavy atom. The Hall–Kier alpha value is -3.46. The topological polar surface area (TPSA) is 95.3 Å². The van der Waals surface area contributed by atoms with E-state index in [1.165, 1.54) is 27.4 Å². The van der Waals surface area contributed by atoms with Gasteiger partial charge in [-0.1, -0.05) is 18.2 Å². The van der Waals surface area contributed by atoms with Crippen LogP contribution >= 0.6 is 0 Å². The van der Waals surface area contributed by atoms with Gasteiger partial charge in [0.05, 0.1) is 32.8 Å². The molecule has 9 heteroatoms. The Bertz CT molecular complexity index is 1130. The molecule has 0 saturated carbocycles. The second-order valence-corrected chi connectivity index (χ2v) is 8.71. The third kappa shape index (κ3) is 5.61. The number of methoxy groups -OCH3 is 2. The summed E-state index contributed by atoms with van der Waals surface area (Å²) in [4.78, 5) is 15.2. The summed E-state index contributed by atoms with van der Waals surface area (Å²) in [5.41, 5.74) is 0.965. The number of nitrogens with zero attached hydrogens (tertiary/aromatic N) is 1. The molecule has 32 heavy (non-hydrogen) atoms. The predicted molar refractivity (Wildman–Crippen MR) is 118 cm³/mol. The second-order valence-electron chi connectivity index (χ2n) is 6.86. The summed E-state index contributed by atoms with van der Waals surface area (Å²) in [6, 6.07) is 15.2. The normalized spacial score (nSPS) is 11.1. The number of carbonyl (C=O) groups excluding carboxylic acids is 1. The van der Waals surface area contributed by atoms with Crippen LogP contribution in [0, 0.1) is 0 Å². The number of hydrogen-bond acceptors (Lipinski definition) is 7. The van der Waals surface area contributed by atoms with E-state index in [9.17, 15) is 13.2 Å².